The minimum Gasteiger partial charge on any atom is -0.395 e. The highest BCUT2D eigenvalue weighted by molar-refractivity contribution is 5.36. The molecule has 2 heteroatoms. The Morgan fingerprint density at radius 1 is 1.24 bits per heavy atom. The number of benzene rings is 1. The molecule has 0 aliphatic carbocycles. The van der Waals surface area contributed by atoms with Gasteiger partial charge in [0.2, 0.25) is 0 Å². The molecule has 0 amide bonds. The second-order valence-corrected chi connectivity index (χ2v) is 4.53. The van der Waals surface area contributed by atoms with E-state index in [2.05, 4.69) is 44.1 Å². The molecule has 1 aromatic rings. The Morgan fingerprint density at radius 3 is 2.47 bits per heavy atom. The highest BCUT2D eigenvalue weighted by Crippen LogP contribution is 2.15. The normalized spacial score (nSPS) is 12.2. The van der Waals surface area contributed by atoms with Gasteiger partial charge in [-0.2, -0.15) is 0 Å². The van der Waals surface area contributed by atoms with Gasteiger partial charge < -0.3 is 10.4 Å². The first-order valence-corrected chi connectivity index (χ1v) is 5.93. The predicted octanol–water partition coefficient (Wildman–Crippen LogP) is 2.09. The van der Waals surface area contributed by atoms with Crippen LogP contribution < -0.4 is 5.32 Å². The van der Waals surface area contributed by atoms with E-state index in [9.17, 15) is 0 Å². The third kappa shape index (κ3) is 3.89. The molecule has 0 spiro atoms. The lowest BCUT2D eigenvalue weighted by Gasteiger charge is -2.16. The smallest absolute Gasteiger partial charge is 0.0594 e. The van der Waals surface area contributed by atoms with Crippen molar-refractivity contribution in [2.24, 2.45) is 0 Å². The van der Waals surface area contributed by atoms with Gasteiger partial charge in [-0.3, -0.25) is 0 Å². The maximum Gasteiger partial charge on any atom is 0.0594 e. The third-order valence-electron chi connectivity index (χ3n) is 3.12. The van der Waals surface area contributed by atoms with Gasteiger partial charge in [-0.15, -0.1) is 12.3 Å². The van der Waals surface area contributed by atoms with Crippen molar-refractivity contribution in [1.82, 2.24) is 5.32 Å². The van der Waals surface area contributed by atoms with Crippen LogP contribution in [0.15, 0.2) is 12.1 Å². The molecule has 1 rings (SSSR count). The van der Waals surface area contributed by atoms with Crippen LogP contribution >= 0.6 is 0 Å². The summed E-state index contributed by atoms with van der Waals surface area (Å²) in [7, 11) is 0. The number of aliphatic hydroxyl groups is 1. The van der Waals surface area contributed by atoms with Crippen LogP contribution in [0.1, 0.15) is 28.7 Å². The van der Waals surface area contributed by atoms with E-state index in [1.807, 2.05) is 0 Å². The Balaban J connectivity index is 2.69. The largest absolute Gasteiger partial charge is 0.395 e. The van der Waals surface area contributed by atoms with Crippen LogP contribution in [0, 0.1) is 33.1 Å². The molecule has 17 heavy (non-hydrogen) atoms. The molecule has 2 nitrogen and oxygen atoms in total. The van der Waals surface area contributed by atoms with Gasteiger partial charge in [-0.25, -0.2) is 0 Å². The van der Waals surface area contributed by atoms with E-state index >= 15 is 0 Å². The summed E-state index contributed by atoms with van der Waals surface area (Å²) >= 11 is 0. The zero-order chi connectivity index (χ0) is 12.8. The van der Waals surface area contributed by atoms with E-state index < -0.39 is 0 Å². The summed E-state index contributed by atoms with van der Waals surface area (Å²) in [5, 5.41) is 12.4. The molecule has 0 aromatic heterocycles. The molecule has 0 heterocycles. The van der Waals surface area contributed by atoms with Crippen LogP contribution in [0.3, 0.4) is 0 Å². The van der Waals surface area contributed by atoms with Crippen LogP contribution in [0.2, 0.25) is 0 Å². The van der Waals surface area contributed by atoms with Crippen molar-refractivity contribution in [3.8, 4) is 12.3 Å². The number of rotatable bonds is 5. The maximum atomic E-state index is 9.15. The summed E-state index contributed by atoms with van der Waals surface area (Å²) in [6.07, 6.45) is 5.80. The first-order chi connectivity index (χ1) is 8.08. The molecular weight excluding hydrogens is 210 g/mol. The summed E-state index contributed by atoms with van der Waals surface area (Å²) in [5.41, 5.74) is 5.15. The number of hydrogen-bond donors (Lipinski definition) is 2. The minimum atomic E-state index is -0.0130. The van der Waals surface area contributed by atoms with Crippen LogP contribution in [-0.2, 0) is 6.54 Å². The maximum absolute atomic E-state index is 9.15. The van der Waals surface area contributed by atoms with E-state index in [0.717, 1.165) is 6.54 Å². The van der Waals surface area contributed by atoms with Crippen molar-refractivity contribution in [3.05, 3.63) is 34.4 Å². The topological polar surface area (TPSA) is 32.3 Å². The Hall–Kier alpha value is -1.30. The minimum absolute atomic E-state index is 0.0130. The molecule has 0 fully saturated rings. The van der Waals surface area contributed by atoms with E-state index in [0.29, 0.717) is 6.42 Å². The molecule has 1 atom stereocenters. The lowest BCUT2D eigenvalue weighted by atomic mass is 10.0. The fourth-order valence-corrected chi connectivity index (χ4v) is 1.81. The van der Waals surface area contributed by atoms with Gasteiger partial charge >= 0.3 is 0 Å². The summed E-state index contributed by atoms with van der Waals surface area (Å²) in [6, 6.07) is 4.38. The number of aryl methyl sites for hydroxylation is 3. The fraction of sp³-hybridized carbons (Fsp3) is 0.467. The molecule has 92 valence electrons. The summed E-state index contributed by atoms with van der Waals surface area (Å²) in [6.45, 7) is 7.17. The SMILES string of the molecule is C#CCC(CO)NCc1cc(C)c(C)cc1C. The fourth-order valence-electron chi connectivity index (χ4n) is 1.81. The van der Waals surface area contributed by atoms with E-state index in [1.165, 1.54) is 22.3 Å². The number of aliphatic hydroxyl groups excluding tert-OH is 1. The Morgan fingerprint density at radius 2 is 1.88 bits per heavy atom. The second kappa shape index (κ2) is 6.44. The molecule has 0 saturated carbocycles. The average Bonchev–Trinajstić information content (AvgIpc) is 2.30. The zero-order valence-corrected chi connectivity index (χ0v) is 10.9. The number of nitrogens with one attached hydrogen (secondary N) is 1. The zero-order valence-electron chi connectivity index (χ0n) is 10.9. The van der Waals surface area contributed by atoms with Crippen molar-refractivity contribution < 1.29 is 5.11 Å². The second-order valence-electron chi connectivity index (χ2n) is 4.53. The van der Waals surface area contributed by atoms with Gasteiger partial charge in [0.25, 0.3) is 0 Å². The molecule has 0 aliphatic heterocycles. The van der Waals surface area contributed by atoms with Gasteiger partial charge in [0.15, 0.2) is 0 Å². The molecule has 1 unspecified atom stereocenters. The lowest BCUT2D eigenvalue weighted by Crippen LogP contribution is -2.31. The molecule has 0 radical (unpaired) electrons. The quantitative estimate of drug-likeness (QED) is 0.761. The number of hydrogen-bond acceptors (Lipinski definition) is 2. The molecule has 0 bridgehead atoms. The van der Waals surface area contributed by atoms with Crippen molar-refractivity contribution in [2.75, 3.05) is 6.61 Å². The van der Waals surface area contributed by atoms with Crippen molar-refractivity contribution in [2.45, 2.75) is 39.8 Å². The van der Waals surface area contributed by atoms with Crippen LogP contribution in [0.5, 0.6) is 0 Å². The molecule has 1 aromatic carbocycles. The van der Waals surface area contributed by atoms with Gasteiger partial charge in [-0.1, -0.05) is 12.1 Å². The van der Waals surface area contributed by atoms with E-state index in [-0.39, 0.29) is 12.6 Å². The van der Waals surface area contributed by atoms with E-state index in [4.69, 9.17) is 11.5 Å². The van der Waals surface area contributed by atoms with Gasteiger partial charge in [0.05, 0.1) is 6.61 Å². The van der Waals surface area contributed by atoms with Gasteiger partial charge in [0.1, 0.15) is 0 Å². The van der Waals surface area contributed by atoms with Crippen molar-refractivity contribution in [3.63, 3.8) is 0 Å². The van der Waals surface area contributed by atoms with Crippen molar-refractivity contribution in [1.29, 1.82) is 0 Å². The van der Waals surface area contributed by atoms with Crippen LogP contribution in [0.4, 0.5) is 0 Å². The Kier molecular flexibility index (Phi) is 5.21. The summed E-state index contributed by atoms with van der Waals surface area (Å²) in [5.74, 6) is 2.57. The highest BCUT2D eigenvalue weighted by atomic mass is 16.3. The summed E-state index contributed by atoms with van der Waals surface area (Å²) < 4.78 is 0. The van der Waals surface area contributed by atoms with Gasteiger partial charge in [-0.05, 0) is 43.0 Å². The predicted molar refractivity (Wildman–Crippen MR) is 71.8 cm³/mol. The highest BCUT2D eigenvalue weighted by Gasteiger charge is 2.07. The van der Waals surface area contributed by atoms with Crippen LogP contribution in [0.25, 0.3) is 0 Å². The third-order valence-corrected chi connectivity index (χ3v) is 3.12. The van der Waals surface area contributed by atoms with E-state index in [1.54, 1.807) is 0 Å². The molecule has 0 aliphatic rings. The average molecular weight is 231 g/mol. The standard InChI is InChI=1S/C15H21NO/c1-5-6-15(10-17)16-9-14-8-12(3)11(2)7-13(14)4/h1,7-8,15-17H,6,9-10H2,2-4H3. The van der Waals surface area contributed by atoms with Crippen LogP contribution in [-0.4, -0.2) is 17.8 Å². The molecule has 2 N–H and O–H groups in total. The monoisotopic (exact) mass is 231 g/mol. The Bertz CT molecular complexity index is 418. The first-order valence-electron chi connectivity index (χ1n) is 5.93. The molecule has 0 saturated heterocycles. The Labute approximate surface area is 104 Å². The van der Waals surface area contributed by atoms with Crippen molar-refractivity contribution >= 4 is 0 Å². The first kappa shape index (κ1) is 13.8. The number of terminal acetylenes is 1. The summed E-state index contributed by atoms with van der Waals surface area (Å²) in [4.78, 5) is 0. The van der Waals surface area contributed by atoms with Gasteiger partial charge in [0, 0.05) is 19.0 Å². The lowest BCUT2D eigenvalue weighted by molar-refractivity contribution is 0.243. The molecular formula is C15H21NO.